The van der Waals surface area contributed by atoms with Gasteiger partial charge in [-0.25, -0.2) is 4.39 Å². The number of carbonyl (C=O) groups excluding carboxylic acids is 1. The molecule has 6 heteroatoms. The van der Waals surface area contributed by atoms with E-state index in [1.54, 1.807) is 6.26 Å². The maximum Gasteiger partial charge on any atom is 0.280 e. The van der Waals surface area contributed by atoms with Crippen molar-refractivity contribution in [2.75, 3.05) is 12.0 Å². The summed E-state index contributed by atoms with van der Waals surface area (Å²) in [7, 11) is 0. The van der Waals surface area contributed by atoms with Crippen molar-refractivity contribution in [1.29, 1.82) is 0 Å². The first-order chi connectivity index (χ1) is 7.06. The van der Waals surface area contributed by atoms with Crippen LogP contribution in [0.3, 0.4) is 0 Å². The Morgan fingerprint density at radius 2 is 2.27 bits per heavy atom. The lowest BCUT2D eigenvalue weighted by Crippen LogP contribution is -2.06. The fourth-order valence-corrected chi connectivity index (χ4v) is 1.52. The van der Waals surface area contributed by atoms with Crippen LogP contribution in [0.5, 0.6) is 0 Å². The van der Waals surface area contributed by atoms with Gasteiger partial charge in [-0.2, -0.15) is 11.8 Å². The number of hydrogen-bond acceptors (Lipinski definition) is 4. The molecule has 0 aliphatic rings. The Kier molecular flexibility index (Phi) is 3.79. The van der Waals surface area contributed by atoms with Crippen LogP contribution in [0.1, 0.15) is 10.4 Å². The number of nitrogens with zero attached hydrogens (tertiary/aromatic N) is 1. The van der Waals surface area contributed by atoms with Crippen LogP contribution < -0.4 is 0 Å². The third-order valence-electron chi connectivity index (χ3n) is 1.73. The number of nitro benzene ring substituents is 1. The molecule has 15 heavy (non-hydrogen) atoms. The Hall–Kier alpha value is -1.43. The molecule has 1 aromatic carbocycles. The molecule has 0 spiro atoms. The van der Waals surface area contributed by atoms with Gasteiger partial charge in [0.1, 0.15) is 5.82 Å². The van der Waals surface area contributed by atoms with Crippen LogP contribution in [-0.4, -0.2) is 22.7 Å². The number of rotatable bonds is 4. The van der Waals surface area contributed by atoms with Crippen molar-refractivity contribution in [1.82, 2.24) is 0 Å². The summed E-state index contributed by atoms with van der Waals surface area (Å²) in [6, 6.07) is 2.87. The number of nitro groups is 1. The maximum atomic E-state index is 12.8. The molecule has 0 amide bonds. The van der Waals surface area contributed by atoms with Gasteiger partial charge in [0.15, 0.2) is 5.78 Å². The first-order valence-electron chi connectivity index (χ1n) is 4.02. The zero-order chi connectivity index (χ0) is 11.4. The Balaban J connectivity index is 3.18. The van der Waals surface area contributed by atoms with Gasteiger partial charge < -0.3 is 0 Å². The normalized spacial score (nSPS) is 10.0. The summed E-state index contributed by atoms with van der Waals surface area (Å²) in [4.78, 5) is 21.3. The maximum absolute atomic E-state index is 12.8. The second kappa shape index (κ2) is 4.88. The van der Waals surface area contributed by atoms with Gasteiger partial charge in [0, 0.05) is 6.07 Å². The molecule has 0 unspecified atom stereocenters. The summed E-state index contributed by atoms with van der Waals surface area (Å²) >= 11 is 1.24. The Morgan fingerprint density at radius 3 is 2.80 bits per heavy atom. The monoisotopic (exact) mass is 229 g/mol. The van der Waals surface area contributed by atoms with Gasteiger partial charge in [0.2, 0.25) is 0 Å². The summed E-state index contributed by atoms with van der Waals surface area (Å²) in [6.07, 6.45) is 1.70. The van der Waals surface area contributed by atoms with Crippen LogP contribution in [0.4, 0.5) is 10.1 Å². The van der Waals surface area contributed by atoms with E-state index < -0.39 is 16.5 Å². The van der Waals surface area contributed by atoms with Crippen LogP contribution in [0.2, 0.25) is 0 Å². The van der Waals surface area contributed by atoms with Crippen LogP contribution in [0.25, 0.3) is 0 Å². The quantitative estimate of drug-likeness (QED) is 0.451. The molecule has 4 nitrogen and oxygen atoms in total. The predicted molar refractivity (Wildman–Crippen MR) is 55.8 cm³/mol. The standard InChI is InChI=1S/C9H8FNO3S/c1-15-5-9(12)7-4-6(10)2-3-8(7)11(13)14/h2-4H,5H2,1H3. The van der Waals surface area contributed by atoms with Gasteiger partial charge in [0.05, 0.1) is 16.2 Å². The molecular weight excluding hydrogens is 221 g/mol. The van der Waals surface area contributed by atoms with Crippen molar-refractivity contribution < 1.29 is 14.1 Å². The van der Waals surface area contributed by atoms with Crippen molar-refractivity contribution in [3.05, 3.63) is 39.7 Å². The topological polar surface area (TPSA) is 60.2 Å². The van der Waals surface area contributed by atoms with Crippen LogP contribution in [-0.2, 0) is 0 Å². The molecule has 0 bridgehead atoms. The van der Waals surface area contributed by atoms with E-state index >= 15 is 0 Å². The molecule has 1 aromatic rings. The van der Waals surface area contributed by atoms with Gasteiger partial charge in [-0.05, 0) is 18.4 Å². The second-order valence-corrected chi connectivity index (χ2v) is 3.64. The number of carbonyl (C=O) groups is 1. The van der Waals surface area contributed by atoms with Crippen molar-refractivity contribution in [3.63, 3.8) is 0 Å². The van der Waals surface area contributed by atoms with E-state index in [2.05, 4.69) is 0 Å². The lowest BCUT2D eigenvalue weighted by molar-refractivity contribution is -0.385. The largest absolute Gasteiger partial charge is 0.293 e. The molecule has 0 saturated heterocycles. The average Bonchev–Trinajstić information content (AvgIpc) is 2.17. The molecule has 0 aliphatic carbocycles. The molecule has 0 N–H and O–H groups in total. The van der Waals surface area contributed by atoms with E-state index in [1.165, 1.54) is 11.8 Å². The van der Waals surface area contributed by atoms with Crippen LogP contribution in [0, 0.1) is 15.9 Å². The van der Waals surface area contributed by atoms with E-state index in [0.717, 1.165) is 18.2 Å². The number of thioether (sulfide) groups is 1. The third-order valence-corrected chi connectivity index (χ3v) is 2.28. The Bertz CT molecular complexity index is 408. The fourth-order valence-electron chi connectivity index (χ4n) is 1.10. The van der Waals surface area contributed by atoms with E-state index in [1.807, 2.05) is 0 Å². The van der Waals surface area contributed by atoms with Crippen LogP contribution in [0.15, 0.2) is 18.2 Å². The summed E-state index contributed by atoms with van der Waals surface area (Å²) in [6.45, 7) is 0. The zero-order valence-corrected chi connectivity index (χ0v) is 8.71. The highest BCUT2D eigenvalue weighted by Crippen LogP contribution is 2.20. The highest BCUT2D eigenvalue weighted by Gasteiger charge is 2.19. The SMILES string of the molecule is CSCC(=O)c1cc(F)ccc1[N+](=O)[O-]. The highest BCUT2D eigenvalue weighted by molar-refractivity contribution is 7.99. The van der Waals surface area contributed by atoms with Gasteiger partial charge in [0.25, 0.3) is 5.69 Å². The van der Waals surface area contributed by atoms with Gasteiger partial charge in [-0.15, -0.1) is 0 Å². The summed E-state index contributed by atoms with van der Waals surface area (Å²) < 4.78 is 12.8. The molecule has 0 aliphatic heterocycles. The molecule has 0 fully saturated rings. The lowest BCUT2D eigenvalue weighted by Gasteiger charge is -2.00. The van der Waals surface area contributed by atoms with E-state index in [4.69, 9.17) is 0 Å². The minimum absolute atomic E-state index is 0.101. The molecule has 80 valence electrons. The molecular formula is C9H8FNO3S. The number of Topliss-reactive ketones (excluding diaryl/α,β-unsaturated/α-hetero) is 1. The predicted octanol–water partition coefficient (Wildman–Crippen LogP) is 2.28. The summed E-state index contributed by atoms with van der Waals surface area (Å²) in [5, 5.41) is 10.6. The summed E-state index contributed by atoms with van der Waals surface area (Å²) in [5.41, 5.74) is -0.523. The molecule has 1 rings (SSSR count). The highest BCUT2D eigenvalue weighted by atomic mass is 32.2. The first kappa shape index (κ1) is 11.6. The lowest BCUT2D eigenvalue weighted by atomic mass is 10.1. The third kappa shape index (κ3) is 2.76. The van der Waals surface area contributed by atoms with Crippen molar-refractivity contribution in [3.8, 4) is 0 Å². The Morgan fingerprint density at radius 1 is 1.60 bits per heavy atom. The second-order valence-electron chi connectivity index (χ2n) is 2.77. The number of hydrogen-bond donors (Lipinski definition) is 0. The zero-order valence-electron chi connectivity index (χ0n) is 7.90. The average molecular weight is 229 g/mol. The fraction of sp³-hybridized carbons (Fsp3) is 0.222. The number of ketones is 1. The number of benzene rings is 1. The van der Waals surface area contributed by atoms with Crippen LogP contribution >= 0.6 is 11.8 Å². The van der Waals surface area contributed by atoms with Crippen molar-refractivity contribution in [2.24, 2.45) is 0 Å². The summed E-state index contributed by atoms with van der Waals surface area (Å²) in [5.74, 6) is -0.983. The molecule has 0 aromatic heterocycles. The van der Waals surface area contributed by atoms with E-state index in [-0.39, 0.29) is 17.0 Å². The van der Waals surface area contributed by atoms with Crippen molar-refractivity contribution >= 4 is 23.2 Å². The minimum atomic E-state index is -0.688. The molecule has 0 heterocycles. The molecule has 0 radical (unpaired) electrons. The molecule has 0 saturated carbocycles. The minimum Gasteiger partial charge on any atom is -0.293 e. The smallest absolute Gasteiger partial charge is 0.280 e. The van der Waals surface area contributed by atoms with Gasteiger partial charge >= 0.3 is 0 Å². The van der Waals surface area contributed by atoms with Crippen molar-refractivity contribution in [2.45, 2.75) is 0 Å². The van der Waals surface area contributed by atoms with Gasteiger partial charge in [-0.1, -0.05) is 0 Å². The molecule has 0 atom stereocenters. The number of halogens is 1. The van der Waals surface area contributed by atoms with E-state index in [0.29, 0.717) is 0 Å². The van der Waals surface area contributed by atoms with Gasteiger partial charge in [-0.3, -0.25) is 14.9 Å². The van der Waals surface area contributed by atoms with E-state index in [9.17, 15) is 19.3 Å². The first-order valence-corrected chi connectivity index (χ1v) is 5.41. The Labute approximate surface area is 89.6 Å².